The number of ether oxygens (including phenoxy) is 2. The van der Waals surface area contributed by atoms with Crippen LogP contribution in [0.2, 0.25) is 0 Å². The quantitative estimate of drug-likeness (QED) is 0.757. The maximum atomic E-state index is 5.94. The van der Waals surface area contributed by atoms with Crippen molar-refractivity contribution in [2.75, 3.05) is 20.1 Å². The summed E-state index contributed by atoms with van der Waals surface area (Å²) in [5, 5.41) is 0. The van der Waals surface area contributed by atoms with Crippen LogP contribution < -0.4 is 9.47 Å². The molecule has 21 heavy (non-hydrogen) atoms. The molecule has 0 saturated carbocycles. The number of fused-ring (bicyclic) bond motifs is 1. The van der Waals surface area contributed by atoms with Crippen LogP contribution in [0.5, 0.6) is 11.5 Å². The van der Waals surface area contributed by atoms with Crippen LogP contribution in [0.1, 0.15) is 33.0 Å². The Bertz CT molecular complexity index is 635. The number of aryl methyl sites for hydroxylation is 1. The van der Waals surface area contributed by atoms with Crippen molar-refractivity contribution >= 4 is 22.6 Å². The first-order chi connectivity index (χ1) is 9.98. The van der Waals surface area contributed by atoms with E-state index in [0.29, 0.717) is 11.6 Å². The monoisotopic (exact) mass is 310 g/mol. The van der Waals surface area contributed by atoms with Gasteiger partial charge in [0.15, 0.2) is 11.5 Å². The molecule has 5 heteroatoms. The summed E-state index contributed by atoms with van der Waals surface area (Å²) < 4.78 is 13.1. The number of imidazole rings is 1. The molecule has 0 radical (unpaired) electrons. The molecule has 0 saturated heterocycles. The van der Waals surface area contributed by atoms with Crippen LogP contribution in [-0.2, 0) is 12.0 Å². The fourth-order valence-corrected chi connectivity index (χ4v) is 2.71. The normalized spacial score (nSPS) is 11.9. The molecular formula is C16H23ClN2O2. The largest absolute Gasteiger partial charge is 0.493 e. The standard InChI is InChI=1S/C16H23ClN2O2/c1-6-16(2,3)19-12-10-14(21-5)13(20-4)9-11(12)18-15(19)7-8-17/h9-10H,6-8H2,1-5H3. The van der Waals surface area contributed by atoms with Gasteiger partial charge in [-0.2, -0.15) is 0 Å². The Morgan fingerprint density at radius 1 is 1.19 bits per heavy atom. The Morgan fingerprint density at radius 2 is 1.81 bits per heavy atom. The molecule has 0 spiro atoms. The molecule has 2 aromatic rings. The Kier molecular flexibility index (Phi) is 4.67. The third kappa shape index (κ3) is 2.82. The van der Waals surface area contributed by atoms with E-state index in [4.69, 9.17) is 26.1 Å². The van der Waals surface area contributed by atoms with Gasteiger partial charge in [-0.15, -0.1) is 11.6 Å². The van der Waals surface area contributed by atoms with Crippen molar-refractivity contribution in [1.29, 1.82) is 0 Å². The van der Waals surface area contributed by atoms with E-state index in [1.54, 1.807) is 14.2 Å². The number of methoxy groups -OCH3 is 2. The molecule has 0 unspecified atom stereocenters. The maximum absolute atomic E-state index is 5.94. The van der Waals surface area contributed by atoms with Gasteiger partial charge in [0, 0.05) is 30.0 Å². The van der Waals surface area contributed by atoms with E-state index in [0.717, 1.165) is 35.4 Å². The van der Waals surface area contributed by atoms with Crippen molar-refractivity contribution in [2.45, 2.75) is 39.2 Å². The average Bonchev–Trinajstić information content (AvgIpc) is 2.83. The molecule has 0 aliphatic heterocycles. The Morgan fingerprint density at radius 3 is 2.33 bits per heavy atom. The summed E-state index contributed by atoms with van der Waals surface area (Å²) in [6, 6.07) is 3.92. The maximum Gasteiger partial charge on any atom is 0.163 e. The molecule has 0 N–H and O–H groups in total. The van der Waals surface area contributed by atoms with E-state index in [-0.39, 0.29) is 5.54 Å². The van der Waals surface area contributed by atoms with E-state index in [2.05, 4.69) is 25.3 Å². The smallest absolute Gasteiger partial charge is 0.163 e. The van der Waals surface area contributed by atoms with Gasteiger partial charge in [-0.3, -0.25) is 0 Å². The predicted octanol–water partition coefficient (Wildman–Crippen LogP) is 3.98. The number of hydrogen-bond acceptors (Lipinski definition) is 3. The molecule has 0 atom stereocenters. The van der Waals surface area contributed by atoms with Gasteiger partial charge < -0.3 is 14.0 Å². The highest BCUT2D eigenvalue weighted by Crippen LogP contribution is 2.35. The van der Waals surface area contributed by atoms with Crippen molar-refractivity contribution in [1.82, 2.24) is 9.55 Å². The molecule has 0 fully saturated rings. The lowest BCUT2D eigenvalue weighted by atomic mass is 10.0. The number of aromatic nitrogens is 2. The average molecular weight is 311 g/mol. The van der Waals surface area contributed by atoms with Gasteiger partial charge in [0.25, 0.3) is 0 Å². The van der Waals surface area contributed by atoms with Gasteiger partial charge in [-0.05, 0) is 20.3 Å². The van der Waals surface area contributed by atoms with Gasteiger partial charge in [-0.25, -0.2) is 4.98 Å². The fourth-order valence-electron chi connectivity index (χ4n) is 2.54. The lowest BCUT2D eigenvalue weighted by molar-refractivity contribution is 0.340. The molecule has 1 aromatic carbocycles. The summed E-state index contributed by atoms with van der Waals surface area (Å²) in [6.07, 6.45) is 1.74. The highest BCUT2D eigenvalue weighted by Gasteiger charge is 2.25. The number of halogens is 1. The van der Waals surface area contributed by atoms with Gasteiger partial charge in [0.1, 0.15) is 5.82 Å². The number of rotatable bonds is 6. The first kappa shape index (κ1) is 16.0. The summed E-state index contributed by atoms with van der Waals surface area (Å²) in [6.45, 7) is 6.60. The molecule has 2 rings (SSSR count). The minimum Gasteiger partial charge on any atom is -0.493 e. The summed E-state index contributed by atoms with van der Waals surface area (Å²) >= 11 is 5.94. The number of nitrogens with zero attached hydrogens (tertiary/aromatic N) is 2. The Hall–Kier alpha value is -1.42. The lowest BCUT2D eigenvalue weighted by Crippen LogP contribution is -2.27. The molecule has 1 aromatic heterocycles. The van der Waals surface area contributed by atoms with Crippen LogP contribution in [0.15, 0.2) is 12.1 Å². The fraction of sp³-hybridized carbons (Fsp3) is 0.562. The zero-order valence-electron chi connectivity index (χ0n) is 13.4. The molecular weight excluding hydrogens is 288 g/mol. The van der Waals surface area contributed by atoms with Crippen LogP contribution in [0.3, 0.4) is 0 Å². The highest BCUT2D eigenvalue weighted by molar-refractivity contribution is 6.17. The third-order valence-electron chi connectivity index (χ3n) is 4.02. The number of benzene rings is 1. The van der Waals surface area contributed by atoms with Gasteiger partial charge in [0.2, 0.25) is 0 Å². The van der Waals surface area contributed by atoms with Crippen LogP contribution in [0.4, 0.5) is 0 Å². The Balaban J connectivity index is 2.76. The molecule has 4 nitrogen and oxygen atoms in total. The van der Waals surface area contributed by atoms with Crippen molar-refractivity contribution in [3.05, 3.63) is 18.0 Å². The summed E-state index contributed by atoms with van der Waals surface area (Å²) in [5.74, 6) is 2.97. The van der Waals surface area contributed by atoms with E-state index < -0.39 is 0 Å². The second-order valence-corrected chi connectivity index (χ2v) is 6.04. The van der Waals surface area contributed by atoms with E-state index in [9.17, 15) is 0 Å². The zero-order chi connectivity index (χ0) is 15.6. The van der Waals surface area contributed by atoms with E-state index in [1.807, 2.05) is 12.1 Å². The topological polar surface area (TPSA) is 36.3 Å². The van der Waals surface area contributed by atoms with E-state index >= 15 is 0 Å². The first-order valence-electron chi connectivity index (χ1n) is 7.18. The SMILES string of the molecule is CCC(C)(C)n1c(CCCl)nc2cc(OC)c(OC)cc21. The predicted molar refractivity (Wildman–Crippen MR) is 86.9 cm³/mol. The second-order valence-electron chi connectivity index (χ2n) is 5.66. The van der Waals surface area contributed by atoms with Gasteiger partial charge in [0.05, 0.1) is 25.3 Å². The number of hydrogen-bond donors (Lipinski definition) is 0. The summed E-state index contributed by atoms with van der Waals surface area (Å²) in [4.78, 5) is 4.74. The zero-order valence-corrected chi connectivity index (χ0v) is 14.1. The summed E-state index contributed by atoms with van der Waals surface area (Å²) in [7, 11) is 3.28. The van der Waals surface area contributed by atoms with Crippen molar-refractivity contribution < 1.29 is 9.47 Å². The van der Waals surface area contributed by atoms with Crippen molar-refractivity contribution in [2.24, 2.45) is 0 Å². The first-order valence-corrected chi connectivity index (χ1v) is 7.71. The molecule has 0 aliphatic carbocycles. The molecule has 116 valence electrons. The molecule has 0 bridgehead atoms. The second kappa shape index (κ2) is 6.14. The molecule has 0 amide bonds. The van der Waals surface area contributed by atoms with Crippen LogP contribution in [0, 0.1) is 0 Å². The van der Waals surface area contributed by atoms with Crippen LogP contribution in [0.25, 0.3) is 11.0 Å². The Labute approximate surface area is 131 Å². The third-order valence-corrected chi connectivity index (χ3v) is 4.21. The highest BCUT2D eigenvalue weighted by atomic mass is 35.5. The lowest BCUT2D eigenvalue weighted by Gasteiger charge is -2.28. The minimum atomic E-state index is -0.0320. The van der Waals surface area contributed by atoms with Crippen LogP contribution >= 0.6 is 11.6 Å². The van der Waals surface area contributed by atoms with Gasteiger partial charge >= 0.3 is 0 Å². The van der Waals surface area contributed by atoms with E-state index in [1.165, 1.54) is 0 Å². The van der Waals surface area contributed by atoms with Gasteiger partial charge in [-0.1, -0.05) is 6.92 Å². The summed E-state index contributed by atoms with van der Waals surface area (Å²) in [5.41, 5.74) is 1.93. The van der Waals surface area contributed by atoms with Crippen LogP contribution in [-0.4, -0.2) is 29.7 Å². The number of alkyl halides is 1. The van der Waals surface area contributed by atoms with Crippen molar-refractivity contribution in [3.63, 3.8) is 0 Å². The minimum absolute atomic E-state index is 0.0320. The molecule has 1 heterocycles. The van der Waals surface area contributed by atoms with Crippen molar-refractivity contribution in [3.8, 4) is 11.5 Å². The molecule has 0 aliphatic rings.